The van der Waals surface area contributed by atoms with Crippen LogP contribution in [0.15, 0.2) is 11.0 Å². The monoisotopic (exact) mass is 417 g/mol. The lowest BCUT2D eigenvalue weighted by atomic mass is 9.92. The molecular weight excluding hydrogens is 390 g/mol. The number of hydrogen-bond donors (Lipinski definition) is 3. The zero-order chi connectivity index (χ0) is 22.5. The van der Waals surface area contributed by atoms with Crippen molar-refractivity contribution in [2.24, 2.45) is 7.05 Å². The molecular formula is C21H27N3O6. The van der Waals surface area contributed by atoms with Gasteiger partial charge in [-0.25, -0.2) is 4.79 Å². The number of nitrogens with one attached hydrogen (secondary N) is 1. The molecule has 3 heterocycles. The van der Waals surface area contributed by atoms with E-state index in [1.165, 1.54) is 4.57 Å². The van der Waals surface area contributed by atoms with Crippen molar-refractivity contribution in [1.82, 2.24) is 14.5 Å². The standard InChI is InChI=1S/C20H25N3O4.CH2O2/c1-5-27-19(25)15-13(2)21-17-16(15)14(12-23(4)18(17)24)6-7-20(26)8-10-22(3)11-9-20;2-1-3/h12,21,26H,5,8-11H2,1-4H3;1H,(H,2,3). The number of aliphatic hydroxyl groups is 1. The molecule has 1 fully saturated rings. The molecule has 1 saturated heterocycles. The number of fused-ring (bicyclic) bond motifs is 1. The fourth-order valence-corrected chi connectivity index (χ4v) is 3.40. The first-order valence-electron chi connectivity index (χ1n) is 9.58. The molecule has 0 aliphatic carbocycles. The summed E-state index contributed by atoms with van der Waals surface area (Å²) in [5.74, 6) is 5.51. The maximum absolute atomic E-state index is 12.5. The summed E-state index contributed by atoms with van der Waals surface area (Å²) in [7, 11) is 3.65. The van der Waals surface area contributed by atoms with Gasteiger partial charge in [-0.1, -0.05) is 11.8 Å². The average Bonchev–Trinajstić information content (AvgIpc) is 3.05. The number of carbonyl (C=O) groups excluding carboxylic acids is 1. The molecule has 9 heteroatoms. The summed E-state index contributed by atoms with van der Waals surface area (Å²) in [6.07, 6.45) is 2.72. The van der Waals surface area contributed by atoms with E-state index in [1.54, 1.807) is 27.1 Å². The van der Waals surface area contributed by atoms with Crippen LogP contribution in [0.2, 0.25) is 0 Å². The third-order valence-electron chi connectivity index (χ3n) is 5.04. The van der Waals surface area contributed by atoms with Gasteiger partial charge < -0.3 is 29.4 Å². The summed E-state index contributed by atoms with van der Waals surface area (Å²) in [5.41, 5.74) is 0.416. The lowest BCUT2D eigenvalue weighted by molar-refractivity contribution is -0.122. The molecule has 0 aromatic carbocycles. The highest BCUT2D eigenvalue weighted by Gasteiger charge is 2.29. The van der Waals surface area contributed by atoms with Crippen LogP contribution in [0.1, 0.15) is 41.4 Å². The van der Waals surface area contributed by atoms with Gasteiger partial charge in [-0.2, -0.15) is 0 Å². The van der Waals surface area contributed by atoms with E-state index in [0.717, 1.165) is 13.1 Å². The quantitative estimate of drug-likeness (QED) is 0.376. The highest BCUT2D eigenvalue weighted by molar-refractivity contribution is 6.07. The van der Waals surface area contributed by atoms with Gasteiger partial charge >= 0.3 is 5.97 Å². The fraction of sp³-hybridized carbons (Fsp3) is 0.476. The molecule has 3 N–H and O–H groups in total. The van der Waals surface area contributed by atoms with Crippen LogP contribution in [0, 0.1) is 18.8 Å². The SMILES string of the molecule is CCOC(=O)c1c(C)[nH]c2c(=O)n(C)cc(C#CC3(O)CCN(C)CC3)c12.O=CO. The van der Waals surface area contributed by atoms with Crippen LogP contribution < -0.4 is 5.56 Å². The number of hydrogen-bond acceptors (Lipinski definition) is 6. The number of pyridine rings is 1. The van der Waals surface area contributed by atoms with E-state index in [9.17, 15) is 14.7 Å². The molecule has 1 aliphatic heterocycles. The third-order valence-corrected chi connectivity index (χ3v) is 5.04. The minimum Gasteiger partial charge on any atom is -0.483 e. The van der Waals surface area contributed by atoms with Gasteiger partial charge in [0.05, 0.1) is 17.7 Å². The zero-order valence-corrected chi connectivity index (χ0v) is 17.6. The average molecular weight is 417 g/mol. The maximum Gasteiger partial charge on any atom is 0.340 e. The number of rotatable bonds is 2. The van der Waals surface area contributed by atoms with Crippen molar-refractivity contribution >= 4 is 23.3 Å². The zero-order valence-electron chi connectivity index (χ0n) is 17.6. The number of carboxylic acid groups (broad SMARTS) is 1. The Morgan fingerprint density at radius 2 is 1.97 bits per heavy atom. The van der Waals surface area contributed by atoms with Crippen LogP contribution in [0.3, 0.4) is 0 Å². The van der Waals surface area contributed by atoms with Gasteiger partial charge in [-0.3, -0.25) is 9.59 Å². The van der Waals surface area contributed by atoms with Crippen molar-refractivity contribution in [2.75, 3.05) is 26.7 Å². The van der Waals surface area contributed by atoms with Gasteiger partial charge in [-0.15, -0.1) is 0 Å². The van der Waals surface area contributed by atoms with E-state index in [0.29, 0.717) is 40.6 Å². The molecule has 9 nitrogen and oxygen atoms in total. The van der Waals surface area contributed by atoms with Crippen molar-refractivity contribution in [2.45, 2.75) is 32.3 Å². The number of nitrogens with zero attached hydrogens (tertiary/aromatic N) is 2. The Hall–Kier alpha value is -3.09. The third kappa shape index (κ3) is 4.90. The number of H-pyrrole nitrogens is 1. The second kappa shape index (κ2) is 9.61. The molecule has 0 amide bonds. The van der Waals surface area contributed by atoms with Gasteiger partial charge in [-0.05, 0) is 20.9 Å². The van der Waals surface area contributed by atoms with Crippen LogP contribution in [0.5, 0.6) is 0 Å². The molecule has 0 saturated carbocycles. The number of aromatic amines is 1. The molecule has 0 spiro atoms. The van der Waals surface area contributed by atoms with Gasteiger partial charge in [0.25, 0.3) is 12.0 Å². The summed E-state index contributed by atoms with van der Waals surface area (Å²) in [4.78, 5) is 38.5. The number of aryl methyl sites for hydroxylation is 2. The first kappa shape index (κ1) is 23.2. The van der Waals surface area contributed by atoms with Crippen molar-refractivity contribution in [1.29, 1.82) is 0 Å². The highest BCUT2D eigenvalue weighted by Crippen LogP contribution is 2.25. The van der Waals surface area contributed by atoms with E-state index >= 15 is 0 Å². The normalized spacial score (nSPS) is 15.5. The Labute approximate surface area is 174 Å². The Morgan fingerprint density at radius 1 is 1.37 bits per heavy atom. The van der Waals surface area contributed by atoms with Gasteiger partial charge in [0.2, 0.25) is 0 Å². The molecule has 0 unspecified atom stereocenters. The molecule has 2 aromatic rings. The van der Waals surface area contributed by atoms with Crippen LogP contribution in [0.4, 0.5) is 0 Å². The number of likely N-dealkylation sites (tertiary alicyclic amines) is 1. The molecule has 0 bridgehead atoms. The Bertz CT molecular complexity index is 1050. The summed E-state index contributed by atoms with van der Waals surface area (Å²) in [6, 6.07) is 0. The molecule has 30 heavy (non-hydrogen) atoms. The van der Waals surface area contributed by atoms with Crippen molar-refractivity contribution < 1.29 is 24.5 Å². The molecule has 0 atom stereocenters. The van der Waals surface area contributed by atoms with Crippen LogP contribution in [0.25, 0.3) is 10.9 Å². The first-order chi connectivity index (χ1) is 14.2. The second-order valence-electron chi connectivity index (χ2n) is 7.24. The van der Waals surface area contributed by atoms with Crippen LogP contribution >= 0.6 is 0 Å². The molecule has 1 aliphatic rings. The van der Waals surface area contributed by atoms with Gasteiger partial charge in [0.15, 0.2) is 0 Å². The van der Waals surface area contributed by atoms with E-state index in [4.69, 9.17) is 14.6 Å². The summed E-state index contributed by atoms with van der Waals surface area (Å²) < 4.78 is 6.58. The predicted molar refractivity (Wildman–Crippen MR) is 111 cm³/mol. The largest absolute Gasteiger partial charge is 0.483 e. The first-order valence-corrected chi connectivity index (χ1v) is 9.58. The fourth-order valence-electron chi connectivity index (χ4n) is 3.40. The molecule has 2 aromatic heterocycles. The maximum atomic E-state index is 12.5. The number of piperidine rings is 1. The Balaban J connectivity index is 0.00000101. The highest BCUT2D eigenvalue weighted by atomic mass is 16.5. The predicted octanol–water partition coefficient (Wildman–Crippen LogP) is 0.861. The molecule has 0 radical (unpaired) electrons. The number of ether oxygens (including phenoxy) is 1. The summed E-state index contributed by atoms with van der Waals surface area (Å²) >= 11 is 0. The summed E-state index contributed by atoms with van der Waals surface area (Å²) in [5, 5.41) is 18.1. The van der Waals surface area contributed by atoms with Crippen LogP contribution in [-0.2, 0) is 16.6 Å². The smallest absolute Gasteiger partial charge is 0.340 e. The molecule has 162 valence electrons. The van der Waals surface area contributed by atoms with E-state index in [2.05, 4.69) is 21.7 Å². The van der Waals surface area contributed by atoms with Crippen molar-refractivity contribution in [3.63, 3.8) is 0 Å². The minimum absolute atomic E-state index is 0.240. The Kier molecular flexibility index (Phi) is 7.43. The van der Waals surface area contributed by atoms with Crippen molar-refractivity contribution in [3.8, 4) is 11.8 Å². The van der Waals surface area contributed by atoms with E-state index < -0.39 is 11.6 Å². The van der Waals surface area contributed by atoms with Gasteiger partial charge in [0, 0.05) is 50.3 Å². The number of carbonyl (C=O) groups is 2. The van der Waals surface area contributed by atoms with Gasteiger partial charge in [0.1, 0.15) is 11.1 Å². The Morgan fingerprint density at radius 3 is 2.53 bits per heavy atom. The lowest BCUT2D eigenvalue weighted by Gasteiger charge is -2.32. The van der Waals surface area contributed by atoms with E-state index in [-0.39, 0.29) is 18.6 Å². The topological polar surface area (TPSA) is 125 Å². The second-order valence-corrected chi connectivity index (χ2v) is 7.24. The number of esters is 1. The van der Waals surface area contributed by atoms with Crippen LogP contribution in [-0.4, -0.2) is 69.5 Å². The van der Waals surface area contributed by atoms with E-state index in [1.807, 2.05) is 7.05 Å². The minimum atomic E-state index is -1.07. The summed E-state index contributed by atoms with van der Waals surface area (Å²) in [6.45, 7) is 4.99. The van der Waals surface area contributed by atoms with Crippen molar-refractivity contribution in [3.05, 3.63) is 33.4 Å². The molecule has 3 rings (SSSR count). The lowest BCUT2D eigenvalue weighted by Crippen LogP contribution is -2.41. The number of aromatic nitrogens is 2.